The molecule has 0 saturated carbocycles. The normalized spacial score (nSPS) is 18.7. The summed E-state index contributed by atoms with van der Waals surface area (Å²) in [6.07, 6.45) is 1.19. The Balaban J connectivity index is 1.43. The molecule has 1 unspecified atom stereocenters. The predicted octanol–water partition coefficient (Wildman–Crippen LogP) is 3.47. The number of carbonyl (C=O) groups excluding carboxylic acids is 2. The maximum absolute atomic E-state index is 13.1. The van der Waals surface area contributed by atoms with Crippen LogP contribution in [0.5, 0.6) is 0 Å². The van der Waals surface area contributed by atoms with Crippen LogP contribution in [0.2, 0.25) is 0 Å². The van der Waals surface area contributed by atoms with Crippen molar-refractivity contribution < 1.29 is 9.59 Å². The Morgan fingerprint density at radius 3 is 2.41 bits per heavy atom. The highest BCUT2D eigenvalue weighted by atomic mass is 16.2. The number of hydrogen-bond donors (Lipinski definition) is 0. The summed E-state index contributed by atoms with van der Waals surface area (Å²) < 4.78 is 0. The van der Waals surface area contributed by atoms with Crippen molar-refractivity contribution in [2.75, 3.05) is 36.0 Å². The first-order valence-corrected chi connectivity index (χ1v) is 10.6. The fourth-order valence-corrected chi connectivity index (χ4v) is 4.50. The number of amides is 2. The third-order valence-corrected chi connectivity index (χ3v) is 6.21. The Bertz CT molecular complexity index is 889. The van der Waals surface area contributed by atoms with E-state index in [0.29, 0.717) is 19.5 Å². The SMILES string of the molecule is CCN(CC)c1ccc(N2CC(C(=O)N3CCc4ccccc4C3)CC2=O)cc1. The summed E-state index contributed by atoms with van der Waals surface area (Å²) in [5.41, 5.74) is 4.59. The van der Waals surface area contributed by atoms with Crippen molar-refractivity contribution in [2.24, 2.45) is 5.92 Å². The van der Waals surface area contributed by atoms with Gasteiger partial charge in [0, 0.05) is 50.5 Å². The van der Waals surface area contributed by atoms with E-state index in [1.54, 1.807) is 4.90 Å². The summed E-state index contributed by atoms with van der Waals surface area (Å²) in [7, 11) is 0. The maximum atomic E-state index is 13.1. The number of fused-ring (bicyclic) bond motifs is 1. The van der Waals surface area contributed by atoms with Crippen LogP contribution in [0.1, 0.15) is 31.4 Å². The third-order valence-electron chi connectivity index (χ3n) is 6.21. The second-order valence-corrected chi connectivity index (χ2v) is 7.87. The van der Waals surface area contributed by atoms with Crippen LogP contribution in [0.4, 0.5) is 11.4 Å². The van der Waals surface area contributed by atoms with Crippen molar-refractivity contribution in [1.29, 1.82) is 0 Å². The second-order valence-electron chi connectivity index (χ2n) is 7.87. The van der Waals surface area contributed by atoms with E-state index in [9.17, 15) is 9.59 Å². The molecule has 152 valence electrons. The van der Waals surface area contributed by atoms with Crippen LogP contribution in [-0.4, -0.2) is 42.9 Å². The zero-order chi connectivity index (χ0) is 20.4. The Labute approximate surface area is 172 Å². The van der Waals surface area contributed by atoms with E-state index < -0.39 is 0 Å². The van der Waals surface area contributed by atoms with Gasteiger partial charge in [-0.15, -0.1) is 0 Å². The van der Waals surface area contributed by atoms with Gasteiger partial charge in [-0.2, -0.15) is 0 Å². The molecule has 1 atom stereocenters. The number of rotatable bonds is 5. The lowest BCUT2D eigenvalue weighted by atomic mass is 9.98. The molecule has 2 amide bonds. The van der Waals surface area contributed by atoms with E-state index in [0.717, 1.165) is 37.4 Å². The zero-order valence-corrected chi connectivity index (χ0v) is 17.3. The predicted molar refractivity (Wildman–Crippen MR) is 116 cm³/mol. The molecule has 1 saturated heterocycles. The molecule has 0 radical (unpaired) electrons. The van der Waals surface area contributed by atoms with Crippen LogP contribution in [0.3, 0.4) is 0 Å². The van der Waals surface area contributed by atoms with E-state index in [2.05, 4.69) is 49.1 Å². The number of benzene rings is 2. The minimum absolute atomic E-state index is 0.0383. The Morgan fingerprint density at radius 1 is 1.03 bits per heavy atom. The lowest BCUT2D eigenvalue weighted by Gasteiger charge is -2.30. The summed E-state index contributed by atoms with van der Waals surface area (Å²) in [5, 5.41) is 0. The summed E-state index contributed by atoms with van der Waals surface area (Å²) in [5.74, 6) is -0.110. The number of hydrogen-bond acceptors (Lipinski definition) is 3. The molecular formula is C24H29N3O2. The highest BCUT2D eigenvalue weighted by Gasteiger charge is 2.37. The number of anilines is 2. The van der Waals surface area contributed by atoms with Gasteiger partial charge < -0.3 is 14.7 Å². The van der Waals surface area contributed by atoms with Gasteiger partial charge in [-0.05, 0) is 55.7 Å². The summed E-state index contributed by atoms with van der Waals surface area (Å²) in [6, 6.07) is 16.4. The molecule has 2 aromatic rings. The van der Waals surface area contributed by atoms with Crippen molar-refractivity contribution in [2.45, 2.75) is 33.2 Å². The fourth-order valence-electron chi connectivity index (χ4n) is 4.50. The van der Waals surface area contributed by atoms with Gasteiger partial charge in [-0.1, -0.05) is 24.3 Å². The van der Waals surface area contributed by atoms with E-state index in [4.69, 9.17) is 0 Å². The van der Waals surface area contributed by atoms with Crippen LogP contribution in [0.25, 0.3) is 0 Å². The van der Waals surface area contributed by atoms with Crippen LogP contribution >= 0.6 is 0 Å². The van der Waals surface area contributed by atoms with Crippen LogP contribution < -0.4 is 9.80 Å². The van der Waals surface area contributed by atoms with Gasteiger partial charge in [-0.3, -0.25) is 9.59 Å². The average molecular weight is 392 g/mol. The molecule has 2 aliphatic rings. The molecule has 2 heterocycles. The molecule has 0 bridgehead atoms. The molecule has 5 heteroatoms. The number of nitrogens with zero attached hydrogens (tertiary/aromatic N) is 3. The minimum atomic E-state index is -0.254. The van der Waals surface area contributed by atoms with Crippen LogP contribution in [0, 0.1) is 5.92 Å². The molecule has 0 aromatic heterocycles. The molecule has 1 fully saturated rings. The Hall–Kier alpha value is -2.82. The molecule has 0 aliphatic carbocycles. The largest absolute Gasteiger partial charge is 0.372 e. The van der Waals surface area contributed by atoms with Gasteiger partial charge in [0.2, 0.25) is 11.8 Å². The van der Waals surface area contributed by atoms with Gasteiger partial charge in [0.15, 0.2) is 0 Å². The van der Waals surface area contributed by atoms with Gasteiger partial charge in [-0.25, -0.2) is 0 Å². The Kier molecular flexibility index (Phi) is 5.56. The van der Waals surface area contributed by atoms with E-state index in [-0.39, 0.29) is 17.7 Å². The monoisotopic (exact) mass is 391 g/mol. The number of carbonyl (C=O) groups is 2. The van der Waals surface area contributed by atoms with Crippen LogP contribution in [-0.2, 0) is 22.6 Å². The first-order valence-electron chi connectivity index (χ1n) is 10.6. The van der Waals surface area contributed by atoms with E-state index >= 15 is 0 Å². The molecule has 4 rings (SSSR count). The van der Waals surface area contributed by atoms with E-state index in [1.165, 1.54) is 11.1 Å². The highest BCUT2D eigenvalue weighted by molar-refractivity contribution is 6.00. The summed E-state index contributed by atoms with van der Waals surface area (Å²) in [6.45, 7) is 8.03. The standard InChI is InChI=1S/C24H29N3O2/c1-3-25(4-2)21-9-11-22(12-10-21)27-17-20(15-23(27)28)24(29)26-14-13-18-7-5-6-8-19(18)16-26/h5-12,20H,3-4,13-17H2,1-2H3. The van der Waals surface area contributed by atoms with E-state index in [1.807, 2.05) is 23.1 Å². The maximum Gasteiger partial charge on any atom is 0.228 e. The second kappa shape index (κ2) is 8.27. The first-order chi connectivity index (χ1) is 14.1. The summed E-state index contributed by atoms with van der Waals surface area (Å²) >= 11 is 0. The molecule has 0 N–H and O–H groups in total. The molecular weight excluding hydrogens is 362 g/mol. The molecule has 0 spiro atoms. The summed E-state index contributed by atoms with van der Waals surface area (Å²) in [4.78, 5) is 31.7. The lowest BCUT2D eigenvalue weighted by Crippen LogP contribution is -2.40. The Morgan fingerprint density at radius 2 is 1.72 bits per heavy atom. The van der Waals surface area contributed by atoms with Crippen molar-refractivity contribution in [1.82, 2.24) is 4.90 Å². The first kappa shape index (κ1) is 19.5. The molecule has 29 heavy (non-hydrogen) atoms. The lowest BCUT2D eigenvalue weighted by molar-refractivity contribution is -0.136. The van der Waals surface area contributed by atoms with Gasteiger partial charge >= 0.3 is 0 Å². The minimum Gasteiger partial charge on any atom is -0.372 e. The van der Waals surface area contributed by atoms with Crippen molar-refractivity contribution in [3.8, 4) is 0 Å². The average Bonchev–Trinajstić information content (AvgIpc) is 3.16. The zero-order valence-electron chi connectivity index (χ0n) is 17.3. The van der Waals surface area contributed by atoms with Crippen molar-refractivity contribution >= 4 is 23.2 Å². The highest BCUT2D eigenvalue weighted by Crippen LogP contribution is 2.29. The van der Waals surface area contributed by atoms with Gasteiger partial charge in [0.05, 0.1) is 5.92 Å². The van der Waals surface area contributed by atoms with Crippen LogP contribution in [0.15, 0.2) is 48.5 Å². The van der Waals surface area contributed by atoms with Gasteiger partial charge in [0.25, 0.3) is 0 Å². The molecule has 2 aromatic carbocycles. The van der Waals surface area contributed by atoms with Gasteiger partial charge in [0.1, 0.15) is 0 Å². The fraction of sp³-hybridized carbons (Fsp3) is 0.417. The topological polar surface area (TPSA) is 43.9 Å². The third kappa shape index (κ3) is 3.86. The van der Waals surface area contributed by atoms with Crippen molar-refractivity contribution in [3.05, 3.63) is 59.7 Å². The van der Waals surface area contributed by atoms with Crippen molar-refractivity contribution in [3.63, 3.8) is 0 Å². The molecule has 2 aliphatic heterocycles. The molecule has 5 nitrogen and oxygen atoms in total. The quantitative estimate of drug-likeness (QED) is 0.784. The smallest absolute Gasteiger partial charge is 0.228 e.